The lowest BCUT2D eigenvalue weighted by molar-refractivity contribution is -0.184. The van der Waals surface area contributed by atoms with Gasteiger partial charge >= 0.3 is 0 Å². The third kappa shape index (κ3) is 3.09. The Morgan fingerprint density at radius 1 is 0.870 bits per heavy atom. The van der Waals surface area contributed by atoms with Crippen LogP contribution in [0.4, 0.5) is 0 Å². The highest BCUT2D eigenvalue weighted by Crippen LogP contribution is 2.40. The van der Waals surface area contributed by atoms with E-state index < -0.39 is 5.79 Å². The van der Waals surface area contributed by atoms with Crippen LogP contribution in [0.1, 0.15) is 16.7 Å². The zero-order valence-corrected chi connectivity index (χ0v) is 14.0. The molecule has 0 atom stereocenters. The minimum absolute atomic E-state index is 0.626. The third-order valence-electron chi connectivity index (χ3n) is 3.86. The van der Waals surface area contributed by atoms with Crippen molar-refractivity contribution in [3.63, 3.8) is 0 Å². The van der Waals surface area contributed by atoms with Gasteiger partial charge in [0.15, 0.2) is 0 Å². The van der Waals surface area contributed by atoms with Crippen LogP contribution in [0.15, 0.2) is 49.0 Å². The summed E-state index contributed by atoms with van der Waals surface area (Å²) in [5.74, 6) is 0.256. The molecule has 0 saturated heterocycles. The summed E-state index contributed by atoms with van der Waals surface area (Å²) < 4.78 is 22.3. The van der Waals surface area contributed by atoms with Crippen LogP contribution in [0.3, 0.4) is 0 Å². The molecule has 0 aliphatic heterocycles. The van der Waals surface area contributed by atoms with Crippen LogP contribution in [0.2, 0.25) is 0 Å². The van der Waals surface area contributed by atoms with E-state index in [1.54, 1.807) is 40.6 Å². The van der Waals surface area contributed by atoms with Crippen molar-refractivity contribution in [1.82, 2.24) is 0 Å². The standard InChI is InChI=1S/C19H22O4/c1-6-14-7-9-15(10-8-14)19(22-4,23-5)17-12-11-16(20-2)13-18(17)21-3/h6-13H,1H2,2-5H3. The van der Waals surface area contributed by atoms with Gasteiger partial charge in [0.25, 0.3) is 0 Å². The average molecular weight is 314 g/mol. The molecule has 4 heteroatoms. The van der Waals surface area contributed by atoms with E-state index in [1.807, 2.05) is 36.4 Å². The van der Waals surface area contributed by atoms with Gasteiger partial charge in [-0.05, 0) is 17.7 Å². The van der Waals surface area contributed by atoms with Gasteiger partial charge < -0.3 is 18.9 Å². The zero-order chi connectivity index (χ0) is 16.9. The Morgan fingerprint density at radius 3 is 2.00 bits per heavy atom. The van der Waals surface area contributed by atoms with Crippen molar-refractivity contribution >= 4 is 6.08 Å². The number of benzene rings is 2. The van der Waals surface area contributed by atoms with Crippen LogP contribution in [0.5, 0.6) is 11.5 Å². The third-order valence-corrected chi connectivity index (χ3v) is 3.86. The maximum Gasteiger partial charge on any atom is 0.225 e. The second-order valence-electron chi connectivity index (χ2n) is 4.92. The van der Waals surface area contributed by atoms with Gasteiger partial charge in [0.2, 0.25) is 5.79 Å². The highest BCUT2D eigenvalue weighted by molar-refractivity contribution is 5.51. The lowest BCUT2D eigenvalue weighted by Crippen LogP contribution is -2.32. The first-order valence-electron chi connectivity index (χ1n) is 7.21. The molecule has 0 aromatic heterocycles. The summed E-state index contributed by atoms with van der Waals surface area (Å²) in [7, 11) is 6.43. The van der Waals surface area contributed by atoms with E-state index in [9.17, 15) is 0 Å². The molecule has 0 N–H and O–H groups in total. The normalized spacial score (nSPS) is 11.1. The molecule has 122 valence electrons. The second kappa shape index (κ2) is 7.31. The molecule has 0 aliphatic rings. The average Bonchev–Trinajstić information content (AvgIpc) is 2.63. The molecule has 0 saturated carbocycles. The summed E-state index contributed by atoms with van der Waals surface area (Å²) in [6, 6.07) is 13.4. The molecule has 0 bridgehead atoms. The Kier molecular flexibility index (Phi) is 5.42. The zero-order valence-electron chi connectivity index (χ0n) is 14.0. The molecular formula is C19H22O4. The molecule has 23 heavy (non-hydrogen) atoms. The van der Waals surface area contributed by atoms with E-state index in [0.29, 0.717) is 11.5 Å². The van der Waals surface area contributed by atoms with Gasteiger partial charge in [-0.25, -0.2) is 0 Å². The van der Waals surface area contributed by atoms with E-state index in [2.05, 4.69) is 6.58 Å². The molecule has 0 spiro atoms. The Hall–Kier alpha value is -2.30. The molecule has 0 radical (unpaired) electrons. The lowest BCUT2D eigenvalue weighted by Gasteiger charge is -2.33. The van der Waals surface area contributed by atoms with Gasteiger partial charge in [-0.1, -0.05) is 36.9 Å². The van der Waals surface area contributed by atoms with E-state index in [1.165, 1.54) is 0 Å². The highest BCUT2D eigenvalue weighted by Gasteiger charge is 2.37. The minimum Gasteiger partial charge on any atom is -0.497 e. The highest BCUT2D eigenvalue weighted by atomic mass is 16.7. The van der Waals surface area contributed by atoms with Crippen LogP contribution in [-0.4, -0.2) is 28.4 Å². The van der Waals surface area contributed by atoms with Crippen molar-refractivity contribution in [2.45, 2.75) is 5.79 Å². The topological polar surface area (TPSA) is 36.9 Å². The molecule has 0 heterocycles. The second-order valence-corrected chi connectivity index (χ2v) is 4.92. The first-order chi connectivity index (χ1) is 11.1. The number of rotatable bonds is 7. The van der Waals surface area contributed by atoms with Gasteiger partial charge in [-0.3, -0.25) is 0 Å². The smallest absolute Gasteiger partial charge is 0.225 e. The summed E-state index contributed by atoms with van der Waals surface area (Å²) >= 11 is 0. The van der Waals surface area contributed by atoms with Crippen molar-refractivity contribution < 1.29 is 18.9 Å². The molecule has 0 aliphatic carbocycles. The van der Waals surface area contributed by atoms with Crippen LogP contribution < -0.4 is 9.47 Å². The van der Waals surface area contributed by atoms with Crippen molar-refractivity contribution in [2.24, 2.45) is 0 Å². The quantitative estimate of drug-likeness (QED) is 0.728. The minimum atomic E-state index is -1.07. The van der Waals surface area contributed by atoms with E-state index in [4.69, 9.17) is 18.9 Å². The lowest BCUT2D eigenvalue weighted by atomic mass is 9.95. The fourth-order valence-corrected chi connectivity index (χ4v) is 2.60. The molecule has 0 unspecified atom stereocenters. The van der Waals surface area contributed by atoms with Crippen LogP contribution in [0, 0.1) is 0 Å². The van der Waals surface area contributed by atoms with Gasteiger partial charge in [0, 0.05) is 25.8 Å². The Balaban J connectivity index is 2.62. The molecule has 2 aromatic rings. The van der Waals surface area contributed by atoms with Crippen LogP contribution >= 0.6 is 0 Å². The Morgan fingerprint density at radius 2 is 1.52 bits per heavy atom. The van der Waals surface area contributed by atoms with Crippen molar-refractivity contribution in [3.05, 3.63) is 65.7 Å². The van der Waals surface area contributed by atoms with Crippen LogP contribution in [-0.2, 0) is 15.3 Å². The molecule has 2 aromatic carbocycles. The summed E-state index contributed by atoms with van der Waals surface area (Å²) in [6.45, 7) is 3.77. The van der Waals surface area contributed by atoms with Gasteiger partial charge in [0.1, 0.15) is 11.5 Å². The maximum absolute atomic E-state index is 5.78. The van der Waals surface area contributed by atoms with E-state index >= 15 is 0 Å². The number of hydrogen-bond acceptors (Lipinski definition) is 4. The Bertz CT molecular complexity index is 658. The first-order valence-corrected chi connectivity index (χ1v) is 7.21. The van der Waals surface area contributed by atoms with E-state index in [0.717, 1.165) is 16.7 Å². The van der Waals surface area contributed by atoms with Gasteiger partial charge in [-0.2, -0.15) is 0 Å². The predicted molar refractivity (Wildman–Crippen MR) is 90.9 cm³/mol. The predicted octanol–water partition coefficient (Wildman–Crippen LogP) is 3.84. The molecule has 4 nitrogen and oxygen atoms in total. The first kappa shape index (κ1) is 17.1. The van der Waals surface area contributed by atoms with Gasteiger partial charge in [-0.15, -0.1) is 0 Å². The molecule has 2 rings (SSSR count). The molecule has 0 amide bonds. The van der Waals surface area contributed by atoms with E-state index in [-0.39, 0.29) is 0 Å². The summed E-state index contributed by atoms with van der Waals surface area (Å²) in [5.41, 5.74) is 2.64. The molecular weight excluding hydrogens is 292 g/mol. The monoisotopic (exact) mass is 314 g/mol. The number of methoxy groups -OCH3 is 4. The fourth-order valence-electron chi connectivity index (χ4n) is 2.60. The Labute approximate surface area is 137 Å². The van der Waals surface area contributed by atoms with Gasteiger partial charge in [0.05, 0.1) is 19.8 Å². The number of ether oxygens (including phenoxy) is 4. The van der Waals surface area contributed by atoms with Crippen molar-refractivity contribution in [3.8, 4) is 11.5 Å². The largest absolute Gasteiger partial charge is 0.497 e. The number of hydrogen-bond donors (Lipinski definition) is 0. The summed E-state index contributed by atoms with van der Waals surface area (Å²) in [5, 5.41) is 0. The summed E-state index contributed by atoms with van der Waals surface area (Å²) in [4.78, 5) is 0. The molecule has 0 fully saturated rings. The van der Waals surface area contributed by atoms with Crippen LogP contribution in [0.25, 0.3) is 6.08 Å². The fraction of sp³-hybridized carbons (Fsp3) is 0.263. The summed E-state index contributed by atoms with van der Waals surface area (Å²) in [6.07, 6.45) is 1.79. The maximum atomic E-state index is 5.78. The van der Waals surface area contributed by atoms with Crippen molar-refractivity contribution in [1.29, 1.82) is 0 Å². The SMILES string of the molecule is C=Cc1ccc(C(OC)(OC)c2ccc(OC)cc2OC)cc1. The van der Waals surface area contributed by atoms with Crippen molar-refractivity contribution in [2.75, 3.05) is 28.4 Å².